The second-order valence-corrected chi connectivity index (χ2v) is 8.83. The van der Waals surface area contributed by atoms with E-state index in [0.29, 0.717) is 28.4 Å². The molecule has 7 nitrogen and oxygen atoms in total. The Labute approximate surface area is 182 Å². The number of hydrogen-bond donors (Lipinski definition) is 1. The number of anilines is 2. The molecule has 3 aromatic carbocycles. The Balaban J connectivity index is 1.76. The number of nitrogens with one attached hydrogen (secondary N) is 1. The first-order valence-electron chi connectivity index (χ1n) is 9.45. The van der Waals surface area contributed by atoms with Gasteiger partial charge in [-0.2, -0.15) is 0 Å². The summed E-state index contributed by atoms with van der Waals surface area (Å²) in [5.74, 6) is 0.726. The van der Waals surface area contributed by atoms with Gasteiger partial charge in [-0.1, -0.05) is 17.7 Å². The van der Waals surface area contributed by atoms with Crippen molar-refractivity contribution in [3.8, 4) is 11.5 Å². The van der Waals surface area contributed by atoms with Gasteiger partial charge in [-0.05, 0) is 55.5 Å². The smallest absolute Gasteiger partial charge is 0.264 e. The fraction of sp³-hybridized carbons (Fsp3) is 0.174. The van der Waals surface area contributed by atoms with Gasteiger partial charge in [0.1, 0.15) is 0 Å². The molecular weight excluding hydrogens is 416 g/mol. The van der Waals surface area contributed by atoms with Gasteiger partial charge in [-0.25, -0.2) is 8.42 Å². The Kier molecular flexibility index (Phi) is 6.50. The molecule has 31 heavy (non-hydrogen) atoms. The number of nitrogens with zero attached hydrogens (tertiary/aromatic N) is 1. The minimum atomic E-state index is -3.70. The van der Waals surface area contributed by atoms with Crippen LogP contribution in [0.2, 0.25) is 0 Å². The number of hydrogen-bond acceptors (Lipinski definition) is 5. The number of carbonyl (C=O) groups excluding carboxylic acids is 1. The zero-order chi connectivity index (χ0) is 22.6. The van der Waals surface area contributed by atoms with Crippen LogP contribution in [0.15, 0.2) is 71.6 Å². The number of carbonyl (C=O) groups is 1. The molecule has 1 amide bonds. The van der Waals surface area contributed by atoms with Crippen molar-refractivity contribution >= 4 is 27.3 Å². The number of rotatable bonds is 7. The normalized spacial score (nSPS) is 11.0. The number of ether oxygens (including phenoxy) is 2. The molecule has 0 aliphatic rings. The second kappa shape index (κ2) is 9.09. The molecule has 0 saturated carbocycles. The standard InChI is InChI=1S/C23H24N2O5S/c1-16-5-12-20(13-6-16)31(27,28)25(2)19-10-7-17(8-11-19)23(26)24-18-9-14-21(29-3)22(15-18)30-4/h5-15H,1-4H3,(H,24,26). The Hall–Kier alpha value is -3.52. The van der Waals surface area contributed by atoms with Crippen molar-refractivity contribution in [1.29, 1.82) is 0 Å². The van der Waals surface area contributed by atoms with Crippen LogP contribution in [0.3, 0.4) is 0 Å². The number of sulfonamides is 1. The molecule has 1 N–H and O–H groups in total. The van der Waals surface area contributed by atoms with E-state index in [1.807, 2.05) is 6.92 Å². The summed E-state index contributed by atoms with van der Waals surface area (Å²) in [6.45, 7) is 1.89. The van der Waals surface area contributed by atoms with Gasteiger partial charge >= 0.3 is 0 Å². The van der Waals surface area contributed by atoms with E-state index in [9.17, 15) is 13.2 Å². The van der Waals surface area contributed by atoms with Crippen LogP contribution in [0.4, 0.5) is 11.4 Å². The third-order valence-electron chi connectivity index (χ3n) is 4.81. The summed E-state index contributed by atoms with van der Waals surface area (Å²) in [6, 6.07) is 18.1. The summed E-state index contributed by atoms with van der Waals surface area (Å²) in [4.78, 5) is 12.8. The van der Waals surface area contributed by atoms with E-state index in [4.69, 9.17) is 9.47 Å². The number of benzene rings is 3. The van der Waals surface area contributed by atoms with Gasteiger partial charge in [-0.3, -0.25) is 9.10 Å². The molecule has 0 radical (unpaired) electrons. The number of methoxy groups -OCH3 is 2. The van der Waals surface area contributed by atoms with Gasteiger partial charge in [-0.15, -0.1) is 0 Å². The lowest BCUT2D eigenvalue weighted by Gasteiger charge is -2.20. The van der Waals surface area contributed by atoms with Crippen LogP contribution in [0.5, 0.6) is 11.5 Å². The van der Waals surface area contributed by atoms with Crippen LogP contribution in [0.25, 0.3) is 0 Å². The highest BCUT2D eigenvalue weighted by molar-refractivity contribution is 7.92. The Morgan fingerprint density at radius 1 is 0.871 bits per heavy atom. The average Bonchev–Trinajstić information content (AvgIpc) is 2.78. The zero-order valence-electron chi connectivity index (χ0n) is 17.7. The lowest BCUT2D eigenvalue weighted by atomic mass is 10.2. The van der Waals surface area contributed by atoms with Crippen molar-refractivity contribution in [1.82, 2.24) is 0 Å². The monoisotopic (exact) mass is 440 g/mol. The predicted octanol–water partition coefficient (Wildman–Crippen LogP) is 4.09. The van der Waals surface area contributed by atoms with E-state index in [2.05, 4.69) is 5.32 Å². The summed E-state index contributed by atoms with van der Waals surface area (Å²) in [5.41, 5.74) is 2.36. The lowest BCUT2D eigenvalue weighted by molar-refractivity contribution is 0.102. The fourth-order valence-electron chi connectivity index (χ4n) is 2.95. The molecule has 0 aromatic heterocycles. The summed E-state index contributed by atoms with van der Waals surface area (Å²) >= 11 is 0. The maximum absolute atomic E-state index is 12.8. The molecule has 0 fully saturated rings. The molecule has 0 spiro atoms. The second-order valence-electron chi connectivity index (χ2n) is 6.86. The van der Waals surface area contributed by atoms with E-state index in [0.717, 1.165) is 5.56 Å². The van der Waals surface area contributed by atoms with Gasteiger partial charge < -0.3 is 14.8 Å². The number of amides is 1. The Morgan fingerprint density at radius 2 is 1.48 bits per heavy atom. The molecule has 162 valence electrons. The van der Waals surface area contributed by atoms with Crippen LogP contribution in [-0.4, -0.2) is 35.6 Å². The van der Waals surface area contributed by atoms with Crippen LogP contribution < -0.4 is 19.1 Å². The van der Waals surface area contributed by atoms with Crippen LogP contribution in [0, 0.1) is 6.92 Å². The highest BCUT2D eigenvalue weighted by Crippen LogP contribution is 2.30. The van der Waals surface area contributed by atoms with Crippen molar-refractivity contribution in [3.05, 3.63) is 77.9 Å². The maximum Gasteiger partial charge on any atom is 0.264 e. The van der Waals surface area contributed by atoms with Crippen molar-refractivity contribution in [2.75, 3.05) is 30.9 Å². The molecule has 3 rings (SSSR count). The molecule has 0 bridgehead atoms. The lowest BCUT2D eigenvalue weighted by Crippen LogP contribution is -2.26. The first-order chi connectivity index (χ1) is 14.8. The highest BCUT2D eigenvalue weighted by atomic mass is 32.2. The minimum Gasteiger partial charge on any atom is -0.493 e. The molecule has 0 aliphatic heterocycles. The van der Waals surface area contributed by atoms with Gasteiger partial charge in [0, 0.05) is 24.4 Å². The Morgan fingerprint density at radius 3 is 2.06 bits per heavy atom. The third-order valence-corrected chi connectivity index (χ3v) is 6.61. The van der Waals surface area contributed by atoms with Gasteiger partial charge in [0.05, 0.1) is 24.8 Å². The van der Waals surface area contributed by atoms with Crippen LogP contribution in [-0.2, 0) is 10.0 Å². The predicted molar refractivity (Wildman–Crippen MR) is 121 cm³/mol. The first-order valence-corrected chi connectivity index (χ1v) is 10.9. The van der Waals surface area contributed by atoms with E-state index >= 15 is 0 Å². The average molecular weight is 441 g/mol. The van der Waals surface area contributed by atoms with Crippen molar-refractivity contribution in [2.45, 2.75) is 11.8 Å². The SMILES string of the molecule is COc1ccc(NC(=O)c2ccc(N(C)S(=O)(=O)c3ccc(C)cc3)cc2)cc1OC. The summed E-state index contributed by atoms with van der Waals surface area (Å²) in [5, 5.41) is 2.79. The van der Waals surface area contributed by atoms with E-state index in [1.165, 1.54) is 25.6 Å². The van der Waals surface area contributed by atoms with Gasteiger partial charge in [0.15, 0.2) is 11.5 Å². The van der Waals surface area contributed by atoms with Crippen molar-refractivity contribution in [3.63, 3.8) is 0 Å². The summed E-state index contributed by atoms with van der Waals surface area (Å²) < 4.78 is 37.3. The first kappa shape index (κ1) is 22.2. The maximum atomic E-state index is 12.8. The van der Waals surface area contributed by atoms with Crippen LogP contribution >= 0.6 is 0 Å². The molecule has 0 unspecified atom stereocenters. The zero-order valence-corrected chi connectivity index (χ0v) is 18.6. The fourth-order valence-corrected chi connectivity index (χ4v) is 4.14. The molecule has 0 heterocycles. The molecular formula is C23H24N2O5S. The van der Waals surface area contributed by atoms with Gasteiger partial charge in [0.2, 0.25) is 0 Å². The van der Waals surface area contributed by atoms with Gasteiger partial charge in [0.25, 0.3) is 15.9 Å². The quantitative estimate of drug-likeness (QED) is 0.598. The molecule has 3 aromatic rings. The van der Waals surface area contributed by atoms with Crippen molar-refractivity contribution in [2.24, 2.45) is 0 Å². The largest absolute Gasteiger partial charge is 0.493 e. The van der Waals surface area contributed by atoms with Crippen molar-refractivity contribution < 1.29 is 22.7 Å². The Bertz CT molecular complexity index is 1170. The highest BCUT2D eigenvalue weighted by Gasteiger charge is 2.21. The summed E-state index contributed by atoms with van der Waals surface area (Å²) in [7, 11) is 0.835. The topological polar surface area (TPSA) is 84.9 Å². The van der Waals surface area contributed by atoms with E-state index < -0.39 is 10.0 Å². The van der Waals surface area contributed by atoms with E-state index in [1.54, 1.807) is 66.7 Å². The van der Waals surface area contributed by atoms with Crippen LogP contribution in [0.1, 0.15) is 15.9 Å². The van der Waals surface area contributed by atoms with E-state index in [-0.39, 0.29) is 10.8 Å². The summed E-state index contributed by atoms with van der Waals surface area (Å²) in [6.07, 6.45) is 0. The number of aryl methyl sites for hydroxylation is 1. The molecule has 0 atom stereocenters. The minimum absolute atomic E-state index is 0.205. The molecule has 8 heteroatoms. The third kappa shape index (κ3) is 4.80. The molecule has 0 saturated heterocycles. The molecule has 0 aliphatic carbocycles.